The van der Waals surface area contributed by atoms with Gasteiger partial charge < -0.3 is 9.47 Å². The van der Waals surface area contributed by atoms with Gasteiger partial charge >= 0.3 is 11.9 Å². The Morgan fingerprint density at radius 1 is 1.24 bits per heavy atom. The first-order valence-electron chi connectivity index (χ1n) is 6.01. The smallest absolute Gasteiger partial charge is 0.320 e. The number of ether oxygens (including phenoxy) is 2. The zero-order chi connectivity index (χ0) is 13.3. The lowest BCUT2D eigenvalue weighted by atomic mass is 10.2. The molecule has 0 spiro atoms. The number of carbonyl (C=O) groups excluding carboxylic acids is 2. The molecule has 0 aromatic rings. The molecule has 5 nitrogen and oxygen atoms in total. The van der Waals surface area contributed by atoms with Crippen molar-refractivity contribution in [1.82, 2.24) is 4.90 Å². The van der Waals surface area contributed by atoms with Crippen LogP contribution >= 0.6 is 0 Å². The summed E-state index contributed by atoms with van der Waals surface area (Å²) in [6, 6.07) is -0.0215. The van der Waals surface area contributed by atoms with Gasteiger partial charge in [0.2, 0.25) is 0 Å². The van der Waals surface area contributed by atoms with Gasteiger partial charge in [0.05, 0.1) is 26.7 Å². The Labute approximate surface area is 103 Å². The fraction of sp³-hybridized carbons (Fsp3) is 0.833. The van der Waals surface area contributed by atoms with Crippen molar-refractivity contribution in [1.29, 1.82) is 0 Å². The van der Waals surface area contributed by atoms with Gasteiger partial charge in [0.1, 0.15) is 0 Å². The summed E-state index contributed by atoms with van der Waals surface area (Å²) < 4.78 is 9.52. The maximum absolute atomic E-state index is 11.4. The van der Waals surface area contributed by atoms with E-state index in [0.29, 0.717) is 6.61 Å². The lowest BCUT2D eigenvalue weighted by molar-refractivity contribution is -0.147. The molecule has 1 unspecified atom stereocenters. The number of esters is 2. The molecule has 0 rings (SSSR count). The molecule has 0 saturated heterocycles. The molecule has 0 aromatic heterocycles. The Bertz CT molecular complexity index is 243. The van der Waals surface area contributed by atoms with Crippen molar-refractivity contribution >= 4 is 11.9 Å². The molecule has 0 aromatic carbocycles. The third-order valence-electron chi connectivity index (χ3n) is 2.46. The normalized spacial score (nSPS) is 12.3. The second-order valence-corrected chi connectivity index (χ2v) is 3.90. The molecule has 0 radical (unpaired) electrons. The van der Waals surface area contributed by atoms with E-state index in [9.17, 15) is 9.59 Å². The molecule has 0 bridgehead atoms. The zero-order valence-electron chi connectivity index (χ0n) is 11.2. The summed E-state index contributed by atoms with van der Waals surface area (Å²) in [5.41, 5.74) is 0. The van der Waals surface area contributed by atoms with E-state index in [1.165, 1.54) is 7.11 Å². The Hall–Kier alpha value is -1.10. The van der Waals surface area contributed by atoms with Crippen LogP contribution in [0.4, 0.5) is 0 Å². The molecule has 100 valence electrons. The lowest BCUT2D eigenvalue weighted by Gasteiger charge is -2.26. The van der Waals surface area contributed by atoms with Crippen LogP contribution in [0.25, 0.3) is 0 Å². The molecule has 17 heavy (non-hydrogen) atoms. The predicted molar refractivity (Wildman–Crippen MR) is 64.6 cm³/mol. The minimum absolute atomic E-state index is 0.0215. The summed E-state index contributed by atoms with van der Waals surface area (Å²) in [6.45, 7) is 7.08. The van der Waals surface area contributed by atoms with Gasteiger partial charge in [-0.1, -0.05) is 6.92 Å². The molecule has 0 heterocycles. The van der Waals surface area contributed by atoms with Crippen molar-refractivity contribution in [2.45, 2.75) is 39.7 Å². The largest absolute Gasteiger partial charge is 0.469 e. The number of hydrogen-bond donors (Lipinski definition) is 0. The number of hydrogen-bond acceptors (Lipinski definition) is 5. The van der Waals surface area contributed by atoms with Gasteiger partial charge in [-0.15, -0.1) is 0 Å². The lowest BCUT2D eigenvalue weighted by Crippen LogP contribution is -2.39. The van der Waals surface area contributed by atoms with E-state index in [-0.39, 0.29) is 30.9 Å². The van der Waals surface area contributed by atoms with Crippen molar-refractivity contribution in [2.75, 3.05) is 26.8 Å². The average Bonchev–Trinajstić information content (AvgIpc) is 2.28. The predicted octanol–water partition coefficient (Wildman–Crippen LogP) is 1.21. The topological polar surface area (TPSA) is 55.8 Å². The Morgan fingerprint density at radius 3 is 2.35 bits per heavy atom. The highest BCUT2D eigenvalue weighted by atomic mass is 16.5. The highest BCUT2D eigenvalue weighted by Crippen LogP contribution is 2.06. The van der Waals surface area contributed by atoms with Crippen LogP contribution in [0.15, 0.2) is 0 Å². The van der Waals surface area contributed by atoms with E-state index >= 15 is 0 Å². The minimum atomic E-state index is -0.262. The van der Waals surface area contributed by atoms with Crippen LogP contribution in [0.3, 0.4) is 0 Å². The molecule has 0 amide bonds. The van der Waals surface area contributed by atoms with E-state index in [4.69, 9.17) is 4.74 Å². The van der Waals surface area contributed by atoms with Crippen LogP contribution in [0.2, 0.25) is 0 Å². The maximum Gasteiger partial charge on any atom is 0.320 e. The van der Waals surface area contributed by atoms with E-state index in [0.717, 1.165) is 13.0 Å². The number of methoxy groups -OCH3 is 1. The zero-order valence-corrected chi connectivity index (χ0v) is 11.2. The van der Waals surface area contributed by atoms with E-state index in [1.54, 1.807) is 6.92 Å². The van der Waals surface area contributed by atoms with E-state index in [1.807, 2.05) is 18.7 Å². The van der Waals surface area contributed by atoms with Crippen molar-refractivity contribution in [3.63, 3.8) is 0 Å². The molecule has 0 aliphatic rings. The van der Waals surface area contributed by atoms with Crippen LogP contribution in [0, 0.1) is 0 Å². The fourth-order valence-electron chi connectivity index (χ4n) is 1.57. The molecular formula is C12H23NO4. The first-order valence-corrected chi connectivity index (χ1v) is 6.01. The summed E-state index contributed by atoms with van der Waals surface area (Å²) >= 11 is 0. The van der Waals surface area contributed by atoms with Gasteiger partial charge in [0, 0.05) is 6.04 Å². The van der Waals surface area contributed by atoms with Crippen molar-refractivity contribution in [2.24, 2.45) is 0 Å². The maximum atomic E-state index is 11.4. The summed E-state index contributed by atoms with van der Waals surface area (Å²) in [5.74, 6) is -0.514. The monoisotopic (exact) mass is 245 g/mol. The molecule has 0 aliphatic carbocycles. The van der Waals surface area contributed by atoms with Crippen LogP contribution in [-0.2, 0) is 19.1 Å². The standard InChI is InChI=1S/C12H23NO4/c1-5-7-13(9-12(15)17-6-2)10(3)8-11(14)16-4/h10H,5-9H2,1-4H3. The molecule has 5 heteroatoms. The van der Waals surface area contributed by atoms with Gasteiger partial charge in [-0.25, -0.2) is 0 Å². The van der Waals surface area contributed by atoms with Gasteiger partial charge in [0.25, 0.3) is 0 Å². The van der Waals surface area contributed by atoms with Crippen molar-refractivity contribution in [3.8, 4) is 0 Å². The van der Waals surface area contributed by atoms with Crippen LogP contribution < -0.4 is 0 Å². The number of carbonyl (C=O) groups is 2. The molecular weight excluding hydrogens is 222 g/mol. The third kappa shape index (κ3) is 6.94. The quantitative estimate of drug-likeness (QED) is 0.602. The van der Waals surface area contributed by atoms with Crippen LogP contribution in [-0.4, -0.2) is 49.7 Å². The highest BCUT2D eigenvalue weighted by molar-refractivity contribution is 5.72. The van der Waals surface area contributed by atoms with Gasteiger partial charge in [-0.3, -0.25) is 14.5 Å². The Kier molecular flexibility index (Phi) is 8.40. The average molecular weight is 245 g/mol. The van der Waals surface area contributed by atoms with Gasteiger partial charge in [-0.2, -0.15) is 0 Å². The summed E-state index contributed by atoms with van der Waals surface area (Å²) in [6.07, 6.45) is 1.21. The first kappa shape index (κ1) is 15.9. The number of nitrogens with zero attached hydrogens (tertiary/aromatic N) is 1. The van der Waals surface area contributed by atoms with Crippen LogP contribution in [0.5, 0.6) is 0 Å². The van der Waals surface area contributed by atoms with E-state index in [2.05, 4.69) is 4.74 Å². The Balaban J connectivity index is 4.29. The van der Waals surface area contributed by atoms with Gasteiger partial charge in [-0.05, 0) is 26.8 Å². The number of rotatable bonds is 8. The highest BCUT2D eigenvalue weighted by Gasteiger charge is 2.19. The molecule has 0 saturated carbocycles. The third-order valence-corrected chi connectivity index (χ3v) is 2.46. The van der Waals surface area contributed by atoms with Crippen LogP contribution in [0.1, 0.15) is 33.6 Å². The summed E-state index contributed by atoms with van der Waals surface area (Å²) in [4.78, 5) is 24.5. The SMILES string of the molecule is CCCN(CC(=O)OCC)C(C)CC(=O)OC. The molecule has 0 aliphatic heterocycles. The Morgan fingerprint density at radius 2 is 1.88 bits per heavy atom. The minimum Gasteiger partial charge on any atom is -0.469 e. The summed E-state index contributed by atoms with van der Waals surface area (Å²) in [7, 11) is 1.37. The first-order chi connectivity index (χ1) is 8.04. The molecule has 1 atom stereocenters. The summed E-state index contributed by atoms with van der Waals surface area (Å²) in [5, 5.41) is 0. The second kappa shape index (κ2) is 8.98. The second-order valence-electron chi connectivity index (χ2n) is 3.90. The van der Waals surface area contributed by atoms with Crippen molar-refractivity contribution < 1.29 is 19.1 Å². The fourth-order valence-corrected chi connectivity index (χ4v) is 1.57. The molecule has 0 N–H and O–H groups in total. The molecule has 0 fully saturated rings. The van der Waals surface area contributed by atoms with Gasteiger partial charge in [0.15, 0.2) is 0 Å². The van der Waals surface area contributed by atoms with E-state index < -0.39 is 0 Å². The van der Waals surface area contributed by atoms with Crippen molar-refractivity contribution in [3.05, 3.63) is 0 Å².